The van der Waals surface area contributed by atoms with Gasteiger partial charge in [0.15, 0.2) is 11.5 Å². The van der Waals surface area contributed by atoms with Crippen LogP contribution in [0.15, 0.2) is 47.8 Å². The molecule has 1 aliphatic rings. The summed E-state index contributed by atoms with van der Waals surface area (Å²) in [7, 11) is 0. The van der Waals surface area contributed by atoms with Gasteiger partial charge in [0, 0.05) is 22.5 Å². The lowest BCUT2D eigenvalue weighted by Crippen LogP contribution is -2.24. The first kappa shape index (κ1) is 16.9. The Hall–Kier alpha value is -2.57. The number of hydrogen-bond acceptors (Lipinski definition) is 5. The third kappa shape index (κ3) is 3.81. The zero-order chi connectivity index (χ0) is 17.9. The van der Waals surface area contributed by atoms with Crippen LogP contribution in [-0.4, -0.2) is 17.7 Å². The van der Waals surface area contributed by atoms with Gasteiger partial charge >= 0.3 is 0 Å². The van der Waals surface area contributed by atoms with Gasteiger partial charge in [0.05, 0.1) is 12.1 Å². The summed E-state index contributed by atoms with van der Waals surface area (Å²) in [6.45, 7) is 0.675. The highest BCUT2D eigenvalue weighted by molar-refractivity contribution is 7.13. The van der Waals surface area contributed by atoms with Crippen LogP contribution in [0.25, 0.3) is 10.6 Å². The Morgan fingerprint density at radius 3 is 2.81 bits per heavy atom. The largest absolute Gasteiger partial charge is 0.454 e. The molecular formula is C19H15ClN2O3S. The molecule has 0 atom stereocenters. The fourth-order valence-electron chi connectivity index (χ4n) is 2.59. The lowest BCUT2D eigenvalue weighted by atomic mass is 10.2. The number of hydrogen-bond donors (Lipinski definition) is 1. The van der Waals surface area contributed by atoms with E-state index in [2.05, 4.69) is 10.3 Å². The molecule has 1 aliphatic heterocycles. The highest BCUT2D eigenvalue weighted by Gasteiger charge is 2.14. The number of amides is 1. The summed E-state index contributed by atoms with van der Waals surface area (Å²) in [5, 5.41) is 6.38. The molecule has 0 saturated carbocycles. The SMILES string of the molecule is O=C(Cc1csc(-c2ccc(Cl)cc2)n1)NCc1ccc2c(c1)OCO2. The number of rotatable bonds is 5. The summed E-state index contributed by atoms with van der Waals surface area (Å²) in [6.07, 6.45) is 0.245. The standard InChI is InChI=1S/C19H15ClN2O3S/c20-14-4-2-13(3-5-14)19-22-15(10-26-19)8-18(23)21-9-12-1-6-16-17(7-12)25-11-24-16/h1-7,10H,8-9,11H2,(H,21,23). The van der Waals surface area contributed by atoms with Crippen molar-refractivity contribution in [2.45, 2.75) is 13.0 Å². The van der Waals surface area contributed by atoms with Crippen LogP contribution < -0.4 is 14.8 Å². The Kier molecular flexibility index (Phi) is 4.77. The predicted molar refractivity (Wildman–Crippen MR) is 101 cm³/mol. The third-order valence-corrected chi connectivity index (χ3v) is 5.10. The number of nitrogens with one attached hydrogen (secondary N) is 1. The molecule has 26 heavy (non-hydrogen) atoms. The van der Waals surface area contributed by atoms with Crippen molar-refractivity contribution in [2.24, 2.45) is 0 Å². The van der Waals surface area contributed by atoms with E-state index in [1.54, 1.807) is 0 Å². The van der Waals surface area contributed by atoms with E-state index in [9.17, 15) is 4.79 Å². The minimum Gasteiger partial charge on any atom is -0.454 e. The molecule has 7 heteroatoms. The first-order chi connectivity index (χ1) is 12.7. The van der Waals surface area contributed by atoms with Gasteiger partial charge in [-0.25, -0.2) is 4.98 Å². The molecule has 3 aromatic rings. The number of halogens is 1. The van der Waals surface area contributed by atoms with Crippen LogP contribution in [0.2, 0.25) is 5.02 Å². The maximum Gasteiger partial charge on any atom is 0.231 e. The maximum atomic E-state index is 12.2. The number of carbonyl (C=O) groups is 1. The second kappa shape index (κ2) is 7.35. The number of carbonyl (C=O) groups excluding carboxylic acids is 1. The van der Waals surface area contributed by atoms with Gasteiger partial charge in [-0.15, -0.1) is 11.3 Å². The van der Waals surface area contributed by atoms with Crippen molar-refractivity contribution in [1.29, 1.82) is 0 Å². The quantitative estimate of drug-likeness (QED) is 0.718. The van der Waals surface area contributed by atoms with Crippen molar-refractivity contribution < 1.29 is 14.3 Å². The molecule has 0 unspecified atom stereocenters. The Balaban J connectivity index is 1.34. The van der Waals surface area contributed by atoms with E-state index in [0.717, 1.165) is 27.6 Å². The van der Waals surface area contributed by atoms with E-state index in [1.165, 1.54) is 11.3 Å². The van der Waals surface area contributed by atoms with Gasteiger partial charge in [0.1, 0.15) is 5.01 Å². The van der Waals surface area contributed by atoms with Crippen molar-refractivity contribution in [3.05, 3.63) is 64.1 Å². The number of thiazole rings is 1. The summed E-state index contributed by atoms with van der Waals surface area (Å²) < 4.78 is 10.6. The third-order valence-electron chi connectivity index (χ3n) is 3.91. The smallest absolute Gasteiger partial charge is 0.231 e. The van der Waals surface area contributed by atoms with Gasteiger partial charge in [-0.3, -0.25) is 4.79 Å². The first-order valence-corrected chi connectivity index (χ1v) is 9.29. The van der Waals surface area contributed by atoms with Gasteiger partial charge in [0.25, 0.3) is 0 Å². The van der Waals surface area contributed by atoms with E-state index < -0.39 is 0 Å². The van der Waals surface area contributed by atoms with Crippen LogP contribution in [0.4, 0.5) is 0 Å². The van der Waals surface area contributed by atoms with E-state index in [-0.39, 0.29) is 19.1 Å². The fourth-order valence-corrected chi connectivity index (χ4v) is 3.54. The van der Waals surface area contributed by atoms with Crippen LogP contribution in [-0.2, 0) is 17.8 Å². The first-order valence-electron chi connectivity index (χ1n) is 8.03. The molecule has 5 nitrogen and oxygen atoms in total. The topological polar surface area (TPSA) is 60.5 Å². The zero-order valence-electron chi connectivity index (χ0n) is 13.7. The normalized spacial score (nSPS) is 12.2. The van der Waals surface area contributed by atoms with E-state index >= 15 is 0 Å². The highest BCUT2D eigenvalue weighted by Crippen LogP contribution is 2.32. The van der Waals surface area contributed by atoms with Gasteiger partial charge < -0.3 is 14.8 Å². The van der Waals surface area contributed by atoms with Crippen LogP contribution in [0.1, 0.15) is 11.3 Å². The van der Waals surface area contributed by atoms with Gasteiger partial charge in [0.2, 0.25) is 12.7 Å². The van der Waals surface area contributed by atoms with Crippen LogP contribution in [0.3, 0.4) is 0 Å². The van der Waals surface area contributed by atoms with Crippen molar-refractivity contribution in [3.8, 4) is 22.1 Å². The minimum absolute atomic E-state index is 0.0735. The monoisotopic (exact) mass is 386 g/mol. The summed E-state index contributed by atoms with van der Waals surface area (Å²) in [6, 6.07) is 13.1. The predicted octanol–water partition coefficient (Wildman–Crippen LogP) is 4.05. The molecule has 4 rings (SSSR count). The Labute approximate surface area is 159 Å². The number of aromatic nitrogens is 1. The molecule has 0 radical (unpaired) electrons. The second-order valence-electron chi connectivity index (χ2n) is 5.79. The van der Waals surface area contributed by atoms with Gasteiger partial charge in [-0.1, -0.05) is 29.8 Å². The molecule has 1 aromatic heterocycles. The average Bonchev–Trinajstić information content (AvgIpc) is 3.29. The lowest BCUT2D eigenvalue weighted by Gasteiger charge is -2.05. The number of fused-ring (bicyclic) bond motifs is 1. The van der Waals surface area contributed by atoms with E-state index in [1.807, 2.05) is 47.8 Å². The van der Waals surface area contributed by atoms with Crippen LogP contribution in [0, 0.1) is 0 Å². The highest BCUT2D eigenvalue weighted by atomic mass is 35.5. The molecule has 1 N–H and O–H groups in total. The van der Waals surface area contributed by atoms with E-state index in [0.29, 0.717) is 17.3 Å². The maximum absolute atomic E-state index is 12.2. The van der Waals surface area contributed by atoms with Gasteiger partial charge in [-0.05, 0) is 29.8 Å². The number of nitrogens with zero attached hydrogens (tertiary/aromatic N) is 1. The average molecular weight is 387 g/mol. The molecule has 0 aliphatic carbocycles. The fraction of sp³-hybridized carbons (Fsp3) is 0.158. The Morgan fingerprint density at radius 2 is 1.96 bits per heavy atom. The Morgan fingerprint density at radius 1 is 1.15 bits per heavy atom. The van der Waals surface area contributed by atoms with Crippen molar-refractivity contribution in [3.63, 3.8) is 0 Å². The molecule has 0 saturated heterocycles. The molecule has 0 fully saturated rings. The van der Waals surface area contributed by atoms with Crippen molar-refractivity contribution in [1.82, 2.24) is 10.3 Å². The Bertz CT molecular complexity index is 940. The summed E-state index contributed by atoms with van der Waals surface area (Å²) in [4.78, 5) is 16.7. The minimum atomic E-state index is -0.0735. The van der Waals surface area contributed by atoms with Gasteiger partial charge in [-0.2, -0.15) is 0 Å². The molecule has 132 valence electrons. The summed E-state index contributed by atoms with van der Waals surface area (Å²) in [5.74, 6) is 1.37. The molecule has 2 aromatic carbocycles. The molecule has 1 amide bonds. The number of benzene rings is 2. The van der Waals surface area contributed by atoms with Crippen LogP contribution in [0.5, 0.6) is 11.5 Å². The molecule has 0 spiro atoms. The number of ether oxygens (including phenoxy) is 2. The second-order valence-corrected chi connectivity index (χ2v) is 7.09. The van der Waals surface area contributed by atoms with Crippen molar-refractivity contribution >= 4 is 28.8 Å². The van der Waals surface area contributed by atoms with Crippen LogP contribution >= 0.6 is 22.9 Å². The summed E-state index contributed by atoms with van der Waals surface area (Å²) >= 11 is 7.42. The lowest BCUT2D eigenvalue weighted by molar-refractivity contribution is -0.120. The van der Waals surface area contributed by atoms with E-state index in [4.69, 9.17) is 21.1 Å². The van der Waals surface area contributed by atoms with Crippen molar-refractivity contribution in [2.75, 3.05) is 6.79 Å². The molecule has 0 bridgehead atoms. The molecule has 2 heterocycles. The zero-order valence-corrected chi connectivity index (χ0v) is 15.3. The summed E-state index contributed by atoms with van der Waals surface area (Å²) in [5.41, 5.74) is 2.71. The molecular weight excluding hydrogens is 372 g/mol.